The van der Waals surface area contributed by atoms with Crippen LogP contribution in [0.2, 0.25) is 0 Å². The molecule has 2 atom stereocenters. The summed E-state index contributed by atoms with van der Waals surface area (Å²) < 4.78 is 35.8. The summed E-state index contributed by atoms with van der Waals surface area (Å²) in [7, 11) is 4.30. The standard InChI is InChI=1S/C33H36FN3O6/c1-21-29(20-31(38)41-3)37(35-32(21)22-5-7-23(8-6-22)33(39)42-4)24-9-11-25(12-10-24)43-26-15-17-36(18-16-26)30-19-27(40-2)13-14-28(30)34/h5-14,19,21,26,29H,15-18,20H2,1-4H3/t21-,29-/m0/s1. The van der Waals surface area contributed by atoms with Gasteiger partial charge in [-0.25, -0.2) is 9.18 Å². The van der Waals surface area contributed by atoms with Gasteiger partial charge in [0.05, 0.1) is 56.4 Å². The molecule has 1 saturated heterocycles. The Labute approximate surface area is 250 Å². The molecule has 43 heavy (non-hydrogen) atoms. The van der Waals surface area contributed by atoms with E-state index in [1.165, 1.54) is 20.3 Å². The summed E-state index contributed by atoms with van der Waals surface area (Å²) in [5, 5.41) is 6.77. The van der Waals surface area contributed by atoms with Crippen LogP contribution in [0.15, 0.2) is 71.8 Å². The fourth-order valence-electron chi connectivity index (χ4n) is 5.60. The van der Waals surface area contributed by atoms with Crippen LogP contribution >= 0.6 is 0 Å². The largest absolute Gasteiger partial charge is 0.497 e. The third kappa shape index (κ3) is 6.58. The Bertz CT molecular complexity index is 1470. The number of benzene rings is 3. The highest BCUT2D eigenvalue weighted by Gasteiger charge is 2.37. The Hall–Kier alpha value is -4.60. The number of carbonyl (C=O) groups excluding carboxylic acids is 2. The second kappa shape index (κ2) is 13.1. The minimum Gasteiger partial charge on any atom is -0.497 e. The van der Waals surface area contributed by atoms with Gasteiger partial charge in [-0.15, -0.1) is 0 Å². The predicted octanol–water partition coefficient (Wildman–Crippen LogP) is 5.46. The molecule has 10 heteroatoms. The number of hydrogen-bond donors (Lipinski definition) is 0. The molecule has 0 amide bonds. The summed E-state index contributed by atoms with van der Waals surface area (Å²) in [5.74, 6) is 0.287. The molecule has 0 spiro atoms. The molecule has 0 bridgehead atoms. The lowest BCUT2D eigenvalue weighted by molar-refractivity contribution is -0.141. The van der Waals surface area contributed by atoms with Gasteiger partial charge in [0.15, 0.2) is 0 Å². The molecule has 0 unspecified atom stereocenters. The lowest BCUT2D eigenvalue weighted by Crippen LogP contribution is -2.38. The lowest BCUT2D eigenvalue weighted by atomic mass is 9.90. The maximum atomic E-state index is 14.4. The summed E-state index contributed by atoms with van der Waals surface area (Å²) in [6.45, 7) is 3.37. The summed E-state index contributed by atoms with van der Waals surface area (Å²) in [6.07, 6.45) is 1.68. The first-order valence-corrected chi connectivity index (χ1v) is 14.3. The smallest absolute Gasteiger partial charge is 0.337 e. The highest BCUT2D eigenvalue weighted by atomic mass is 19.1. The van der Waals surface area contributed by atoms with Gasteiger partial charge in [-0.05, 0) is 54.1 Å². The monoisotopic (exact) mass is 589 g/mol. The van der Waals surface area contributed by atoms with Gasteiger partial charge in [0.2, 0.25) is 0 Å². The molecule has 3 aromatic carbocycles. The number of carbonyl (C=O) groups is 2. The number of methoxy groups -OCH3 is 3. The Morgan fingerprint density at radius 2 is 1.58 bits per heavy atom. The number of hydrazone groups is 1. The van der Waals surface area contributed by atoms with Crippen LogP contribution in [-0.4, -0.2) is 64.2 Å². The van der Waals surface area contributed by atoms with Crippen LogP contribution in [0.25, 0.3) is 0 Å². The molecule has 3 aromatic rings. The van der Waals surface area contributed by atoms with E-state index in [-0.39, 0.29) is 36.3 Å². The van der Waals surface area contributed by atoms with Crippen molar-refractivity contribution in [1.82, 2.24) is 0 Å². The first-order valence-electron chi connectivity index (χ1n) is 14.3. The van der Waals surface area contributed by atoms with E-state index < -0.39 is 5.97 Å². The fraction of sp³-hybridized carbons (Fsp3) is 0.364. The Kier molecular flexibility index (Phi) is 9.13. The van der Waals surface area contributed by atoms with Crippen molar-refractivity contribution < 1.29 is 32.9 Å². The minimum absolute atomic E-state index is 0.00670. The molecule has 2 aliphatic heterocycles. The number of ether oxygens (including phenoxy) is 4. The van der Waals surface area contributed by atoms with E-state index in [0.29, 0.717) is 30.1 Å². The average molecular weight is 590 g/mol. The molecule has 0 aliphatic carbocycles. The van der Waals surface area contributed by atoms with Gasteiger partial charge in [0, 0.05) is 37.9 Å². The molecule has 226 valence electrons. The second-order valence-corrected chi connectivity index (χ2v) is 10.7. The lowest BCUT2D eigenvalue weighted by Gasteiger charge is -2.34. The zero-order valence-electron chi connectivity index (χ0n) is 24.8. The van der Waals surface area contributed by atoms with Crippen LogP contribution in [-0.2, 0) is 14.3 Å². The van der Waals surface area contributed by atoms with Gasteiger partial charge in [-0.3, -0.25) is 9.80 Å². The number of halogens is 1. The SMILES string of the molecule is COC(=O)C[C@H]1[C@H](C)C(c2ccc(C(=O)OC)cc2)=NN1c1ccc(OC2CCN(c3cc(OC)ccc3F)CC2)cc1. The summed E-state index contributed by atoms with van der Waals surface area (Å²) in [6, 6.07) is 19.3. The van der Waals surface area contributed by atoms with Gasteiger partial charge < -0.3 is 23.8 Å². The molecule has 0 radical (unpaired) electrons. The normalized spacial score (nSPS) is 18.7. The molecule has 0 aromatic heterocycles. The highest BCUT2D eigenvalue weighted by Crippen LogP contribution is 2.34. The molecular weight excluding hydrogens is 553 g/mol. The zero-order chi connectivity index (χ0) is 30.5. The zero-order valence-corrected chi connectivity index (χ0v) is 24.8. The van der Waals surface area contributed by atoms with Crippen molar-refractivity contribution in [3.8, 4) is 11.5 Å². The third-order valence-corrected chi connectivity index (χ3v) is 8.08. The van der Waals surface area contributed by atoms with Crippen molar-refractivity contribution in [3.63, 3.8) is 0 Å². The van der Waals surface area contributed by atoms with Crippen LogP contribution in [0, 0.1) is 11.7 Å². The maximum absolute atomic E-state index is 14.4. The van der Waals surface area contributed by atoms with Crippen LogP contribution in [0.3, 0.4) is 0 Å². The van der Waals surface area contributed by atoms with Gasteiger partial charge in [0.25, 0.3) is 0 Å². The average Bonchev–Trinajstić information content (AvgIpc) is 3.36. The van der Waals surface area contributed by atoms with Crippen molar-refractivity contribution in [1.29, 1.82) is 0 Å². The van der Waals surface area contributed by atoms with E-state index in [0.717, 1.165) is 35.6 Å². The number of esters is 2. The van der Waals surface area contributed by atoms with Gasteiger partial charge in [0.1, 0.15) is 23.4 Å². The van der Waals surface area contributed by atoms with E-state index in [1.54, 1.807) is 31.4 Å². The number of anilines is 2. The quantitative estimate of drug-likeness (QED) is 0.304. The second-order valence-electron chi connectivity index (χ2n) is 10.7. The summed E-state index contributed by atoms with van der Waals surface area (Å²) in [5.41, 5.74) is 3.48. The number of nitrogens with zero attached hydrogens (tertiary/aromatic N) is 3. The van der Waals surface area contributed by atoms with Crippen molar-refractivity contribution in [2.24, 2.45) is 11.0 Å². The van der Waals surface area contributed by atoms with E-state index >= 15 is 0 Å². The van der Waals surface area contributed by atoms with Crippen LogP contribution in [0.5, 0.6) is 11.5 Å². The fourth-order valence-corrected chi connectivity index (χ4v) is 5.60. The highest BCUT2D eigenvalue weighted by molar-refractivity contribution is 6.05. The Morgan fingerprint density at radius 1 is 0.907 bits per heavy atom. The first-order chi connectivity index (χ1) is 20.8. The van der Waals surface area contributed by atoms with Crippen molar-refractivity contribution >= 4 is 29.0 Å². The number of hydrogen-bond acceptors (Lipinski definition) is 9. The van der Waals surface area contributed by atoms with Crippen LogP contribution < -0.4 is 19.4 Å². The molecule has 0 saturated carbocycles. The number of rotatable bonds is 9. The van der Waals surface area contributed by atoms with E-state index in [2.05, 4.69) is 0 Å². The van der Waals surface area contributed by atoms with Gasteiger partial charge >= 0.3 is 11.9 Å². The molecule has 0 N–H and O–H groups in total. The van der Waals surface area contributed by atoms with Gasteiger partial charge in [-0.1, -0.05) is 19.1 Å². The molecule has 2 heterocycles. The maximum Gasteiger partial charge on any atom is 0.337 e. The van der Waals surface area contributed by atoms with Gasteiger partial charge in [-0.2, -0.15) is 5.10 Å². The topological polar surface area (TPSA) is 89.9 Å². The minimum atomic E-state index is -0.406. The Morgan fingerprint density at radius 3 is 2.21 bits per heavy atom. The molecule has 1 fully saturated rings. The molecular formula is C33H36FN3O6. The molecule has 5 rings (SSSR count). The van der Waals surface area contributed by atoms with Crippen molar-refractivity contribution in [2.75, 3.05) is 44.3 Å². The van der Waals surface area contributed by atoms with E-state index in [9.17, 15) is 14.0 Å². The number of piperidine rings is 1. The van der Waals surface area contributed by atoms with Crippen molar-refractivity contribution in [2.45, 2.75) is 38.3 Å². The third-order valence-electron chi connectivity index (χ3n) is 8.08. The summed E-state index contributed by atoms with van der Waals surface area (Å²) >= 11 is 0. The van der Waals surface area contributed by atoms with Crippen LogP contribution in [0.1, 0.15) is 42.1 Å². The Balaban J connectivity index is 1.28. The first kappa shape index (κ1) is 29.9. The predicted molar refractivity (Wildman–Crippen MR) is 162 cm³/mol. The van der Waals surface area contributed by atoms with Crippen molar-refractivity contribution in [3.05, 3.63) is 83.7 Å². The molecule has 9 nitrogen and oxygen atoms in total. The van der Waals surface area contributed by atoms with E-state index in [4.69, 9.17) is 24.0 Å². The van der Waals surface area contributed by atoms with E-state index in [1.807, 2.05) is 53.2 Å². The van der Waals surface area contributed by atoms with Crippen LogP contribution in [0.4, 0.5) is 15.8 Å². The summed E-state index contributed by atoms with van der Waals surface area (Å²) in [4.78, 5) is 26.2. The molecule has 2 aliphatic rings.